The van der Waals surface area contributed by atoms with Crippen molar-refractivity contribution < 1.29 is 19.4 Å². The first-order valence-electron chi connectivity index (χ1n) is 7.17. The molecular formula is C16H23NO4. The van der Waals surface area contributed by atoms with E-state index in [0.29, 0.717) is 30.3 Å². The molecule has 0 bridgehead atoms. The molecule has 1 atom stereocenters. The first-order valence-corrected chi connectivity index (χ1v) is 7.17. The van der Waals surface area contributed by atoms with Crippen molar-refractivity contribution in [3.8, 4) is 5.75 Å². The van der Waals surface area contributed by atoms with E-state index in [0.717, 1.165) is 0 Å². The Kier molecular flexibility index (Phi) is 6.72. The van der Waals surface area contributed by atoms with Gasteiger partial charge in [-0.25, -0.2) is 0 Å². The number of nitrogens with one attached hydrogen (secondary N) is 1. The van der Waals surface area contributed by atoms with Crippen molar-refractivity contribution in [3.63, 3.8) is 0 Å². The van der Waals surface area contributed by atoms with Crippen molar-refractivity contribution in [2.24, 2.45) is 11.8 Å². The van der Waals surface area contributed by atoms with Crippen LogP contribution in [0, 0.1) is 11.8 Å². The fourth-order valence-corrected chi connectivity index (χ4v) is 1.71. The van der Waals surface area contributed by atoms with Gasteiger partial charge in [0.2, 0.25) is 0 Å². The standard InChI is InChI=1S/C16H23NO4/c1-4-12(16(19)20)9-17-15(18)13-6-5-7-14(8-13)21-10-11(2)3/h5-8,11-12H,4,9-10H2,1-3H3,(H,17,18)(H,19,20). The summed E-state index contributed by atoms with van der Waals surface area (Å²) in [7, 11) is 0. The lowest BCUT2D eigenvalue weighted by atomic mass is 10.1. The number of carbonyl (C=O) groups excluding carboxylic acids is 1. The van der Waals surface area contributed by atoms with Gasteiger partial charge in [-0.05, 0) is 30.5 Å². The van der Waals surface area contributed by atoms with Gasteiger partial charge in [-0.2, -0.15) is 0 Å². The fourth-order valence-electron chi connectivity index (χ4n) is 1.71. The quantitative estimate of drug-likeness (QED) is 0.772. The second kappa shape index (κ2) is 8.29. The summed E-state index contributed by atoms with van der Waals surface area (Å²) < 4.78 is 5.57. The number of benzene rings is 1. The first-order chi connectivity index (χ1) is 9.93. The molecule has 0 aliphatic heterocycles. The molecule has 0 aliphatic carbocycles. The van der Waals surface area contributed by atoms with E-state index < -0.39 is 11.9 Å². The van der Waals surface area contributed by atoms with Gasteiger partial charge in [-0.15, -0.1) is 0 Å². The zero-order valence-electron chi connectivity index (χ0n) is 12.8. The number of rotatable bonds is 8. The minimum atomic E-state index is -0.896. The van der Waals surface area contributed by atoms with Crippen LogP contribution in [0.15, 0.2) is 24.3 Å². The highest BCUT2D eigenvalue weighted by Gasteiger charge is 2.16. The van der Waals surface area contributed by atoms with Crippen molar-refractivity contribution in [1.82, 2.24) is 5.32 Å². The summed E-state index contributed by atoms with van der Waals surface area (Å²) in [5.41, 5.74) is 0.469. The molecule has 21 heavy (non-hydrogen) atoms. The number of hydrogen-bond acceptors (Lipinski definition) is 3. The van der Waals surface area contributed by atoms with Crippen molar-refractivity contribution in [2.45, 2.75) is 27.2 Å². The Morgan fingerprint density at radius 2 is 2.05 bits per heavy atom. The number of carbonyl (C=O) groups is 2. The summed E-state index contributed by atoms with van der Waals surface area (Å²) in [5, 5.41) is 11.6. The highest BCUT2D eigenvalue weighted by molar-refractivity contribution is 5.94. The molecule has 5 heteroatoms. The van der Waals surface area contributed by atoms with Crippen molar-refractivity contribution >= 4 is 11.9 Å². The van der Waals surface area contributed by atoms with Gasteiger partial charge in [0.05, 0.1) is 12.5 Å². The average Bonchev–Trinajstić information content (AvgIpc) is 2.45. The van der Waals surface area contributed by atoms with Crippen LogP contribution in [0.25, 0.3) is 0 Å². The van der Waals surface area contributed by atoms with E-state index in [9.17, 15) is 9.59 Å². The van der Waals surface area contributed by atoms with E-state index in [1.165, 1.54) is 0 Å². The lowest BCUT2D eigenvalue weighted by Crippen LogP contribution is -2.32. The molecule has 0 heterocycles. The van der Waals surface area contributed by atoms with Crippen LogP contribution < -0.4 is 10.1 Å². The SMILES string of the molecule is CCC(CNC(=O)c1cccc(OCC(C)C)c1)C(=O)O. The molecule has 1 rings (SSSR count). The highest BCUT2D eigenvalue weighted by atomic mass is 16.5. The van der Waals surface area contributed by atoms with Crippen LogP contribution in [0.1, 0.15) is 37.6 Å². The van der Waals surface area contributed by atoms with Crippen LogP contribution in [-0.2, 0) is 4.79 Å². The van der Waals surface area contributed by atoms with Gasteiger partial charge in [-0.3, -0.25) is 9.59 Å². The molecule has 1 unspecified atom stereocenters. The largest absolute Gasteiger partial charge is 0.493 e. The third kappa shape index (κ3) is 5.85. The first kappa shape index (κ1) is 17.0. The Bertz CT molecular complexity index is 485. The molecule has 116 valence electrons. The molecule has 1 aromatic rings. The number of ether oxygens (including phenoxy) is 1. The summed E-state index contributed by atoms with van der Waals surface area (Å²) >= 11 is 0. The van der Waals surface area contributed by atoms with Gasteiger partial charge in [0.15, 0.2) is 0 Å². The summed E-state index contributed by atoms with van der Waals surface area (Å²) in [6, 6.07) is 6.89. The van der Waals surface area contributed by atoms with Crippen molar-refractivity contribution in [1.29, 1.82) is 0 Å². The number of carboxylic acid groups (broad SMARTS) is 1. The van der Waals surface area contributed by atoms with E-state index in [-0.39, 0.29) is 12.5 Å². The summed E-state index contributed by atoms with van der Waals surface area (Å²) in [4.78, 5) is 22.9. The zero-order chi connectivity index (χ0) is 15.8. The summed E-state index contributed by atoms with van der Waals surface area (Å²) in [5.74, 6) is -0.698. The highest BCUT2D eigenvalue weighted by Crippen LogP contribution is 2.14. The Morgan fingerprint density at radius 3 is 2.62 bits per heavy atom. The molecule has 0 radical (unpaired) electrons. The molecular weight excluding hydrogens is 270 g/mol. The zero-order valence-corrected chi connectivity index (χ0v) is 12.8. The van der Waals surface area contributed by atoms with E-state index in [4.69, 9.17) is 9.84 Å². The molecule has 1 aromatic carbocycles. The second-order valence-corrected chi connectivity index (χ2v) is 5.39. The minimum Gasteiger partial charge on any atom is -0.493 e. The van der Waals surface area contributed by atoms with Crippen LogP contribution in [-0.4, -0.2) is 30.1 Å². The molecule has 2 N–H and O–H groups in total. The Hall–Kier alpha value is -2.04. The van der Waals surface area contributed by atoms with Crippen molar-refractivity contribution in [2.75, 3.05) is 13.2 Å². The second-order valence-electron chi connectivity index (χ2n) is 5.39. The maximum atomic E-state index is 12.0. The van der Waals surface area contributed by atoms with Crippen LogP contribution >= 0.6 is 0 Å². The van der Waals surface area contributed by atoms with Crippen LogP contribution in [0.4, 0.5) is 0 Å². The monoisotopic (exact) mass is 293 g/mol. The maximum Gasteiger partial charge on any atom is 0.308 e. The van der Waals surface area contributed by atoms with E-state index in [1.807, 2.05) is 13.8 Å². The van der Waals surface area contributed by atoms with Crippen molar-refractivity contribution in [3.05, 3.63) is 29.8 Å². The average molecular weight is 293 g/mol. The molecule has 0 aromatic heterocycles. The normalized spacial score (nSPS) is 12.0. The van der Waals surface area contributed by atoms with E-state index >= 15 is 0 Å². The molecule has 0 spiro atoms. The Morgan fingerprint density at radius 1 is 1.33 bits per heavy atom. The molecule has 5 nitrogen and oxygen atoms in total. The predicted molar refractivity (Wildman–Crippen MR) is 80.5 cm³/mol. The third-order valence-corrected chi connectivity index (χ3v) is 3.03. The number of carboxylic acids is 1. The van der Waals surface area contributed by atoms with Crippen LogP contribution in [0.3, 0.4) is 0 Å². The van der Waals surface area contributed by atoms with Gasteiger partial charge < -0.3 is 15.2 Å². The molecule has 0 aliphatic rings. The molecule has 1 amide bonds. The lowest BCUT2D eigenvalue weighted by molar-refractivity contribution is -0.141. The topological polar surface area (TPSA) is 75.6 Å². The Balaban J connectivity index is 2.61. The molecule has 0 saturated heterocycles. The minimum absolute atomic E-state index is 0.127. The van der Waals surface area contributed by atoms with Crippen LogP contribution in [0.5, 0.6) is 5.75 Å². The predicted octanol–water partition coefficient (Wildman–Crippen LogP) is 2.56. The summed E-state index contributed by atoms with van der Waals surface area (Å²) in [6.45, 7) is 6.59. The Labute approximate surface area is 125 Å². The van der Waals surface area contributed by atoms with Gasteiger partial charge >= 0.3 is 5.97 Å². The van der Waals surface area contributed by atoms with E-state index in [1.54, 1.807) is 31.2 Å². The summed E-state index contributed by atoms with van der Waals surface area (Å²) in [6.07, 6.45) is 0.479. The number of amides is 1. The van der Waals surface area contributed by atoms with Gasteiger partial charge in [0.1, 0.15) is 5.75 Å². The van der Waals surface area contributed by atoms with Gasteiger partial charge in [0.25, 0.3) is 5.91 Å². The van der Waals surface area contributed by atoms with Crippen LogP contribution in [0.2, 0.25) is 0 Å². The number of hydrogen-bond donors (Lipinski definition) is 2. The van der Waals surface area contributed by atoms with Gasteiger partial charge in [0, 0.05) is 12.1 Å². The molecule has 0 saturated carbocycles. The smallest absolute Gasteiger partial charge is 0.308 e. The molecule has 0 fully saturated rings. The third-order valence-electron chi connectivity index (χ3n) is 3.03. The number of aliphatic carboxylic acids is 1. The van der Waals surface area contributed by atoms with Gasteiger partial charge in [-0.1, -0.05) is 26.8 Å². The van der Waals surface area contributed by atoms with E-state index in [2.05, 4.69) is 5.32 Å². The lowest BCUT2D eigenvalue weighted by Gasteiger charge is -2.12. The fraction of sp³-hybridized carbons (Fsp3) is 0.500. The maximum absolute atomic E-state index is 12.0.